The van der Waals surface area contributed by atoms with Gasteiger partial charge in [-0.05, 0) is 123 Å². The number of allylic oxidation sites excluding steroid dienone is 1. The van der Waals surface area contributed by atoms with Gasteiger partial charge in [0.2, 0.25) is 0 Å². The SMILES string of the molecule is CC[C@]1(O)CC[C@@]2(C)C(=CC[C@H]3[C@@H]4CC[C@H]([C@H](C)[C@H](O)CC5(C)CCC5)[C@@]4(C)CC[C@@H]32)C1. The second kappa shape index (κ2) is 7.84. The largest absolute Gasteiger partial charge is 0.393 e. The Labute approximate surface area is 197 Å². The van der Waals surface area contributed by atoms with Gasteiger partial charge in [-0.3, -0.25) is 0 Å². The van der Waals surface area contributed by atoms with E-state index in [2.05, 4.69) is 40.7 Å². The molecule has 0 heterocycles. The molecular weight excluding hydrogens is 392 g/mol. The minimum atomic E-state index is -0.456. The molecule has 32 heavy (non-hydrogen) atoms. The van der Waals surface area contributed by atoms with Crippen molar-refractivity contribution in [3.8, 4) is 0 Å². The highest BCUT2D eigenvalue weighted by molar-refractivity contribution is 5.27. The molecule has 0 bridgehead atoms. The molecule has 0 spiro atoms. The number of aliphatic hydroxyl groups is 2. The van der Waals surface area contributed by atoms with Crippen molar-refractivity contribution in [1.82, 2.24) is 0 Å². The summed E-state index contributed by atoms with van der Waals surface area (Å²) in [5, 5.41) is 22.3. The van der Waals surface area contributed by atoms with Gasteiger partial charge in [0.05, 0.1) is 11.7 Å². The van der Waals surface area contributed by atoms with Crippen molar-refractivity contribution in [2.45, 2.75) is 130 Å². The Morgan fingerprint density at radius 2 is 1.75 bits per heavy atom. The average molecular weight is 443 g/mol. The van der Waals surface area contributed by atoms with E-state index in [1.807, 2.05) is 0 Å². The van der Waals surface area contributed by atoms with Crippen LogP contribution in [0.25, 0.3) is 0 Å². The molecular formula is C30H50O2. The topological polar surface area (TPSA) is 40.5 Å². The normalized spacial score (nSPS) is 49.2. The van der Waals surface area contributed by atoms with Crippen molar-refractivity contribution < 1.29 is 10.2 Å². The Morgan fingerprint density at radius 1 is 1.00 bits per heavy atom. The zero-order valence-electron chi connectivity index (χ0n) is 21.6. The van der Waals surface area contributed by atoms with Crippen LogP contribution in [0.5, 0.6) is 0 Å². The molecule has 0 amide bonds. The Bertz CT molecular complexity index is 752. The number of hydrogen-bond acceptors (Lipinski definition) is 2. The summed E-state index contributed by atoms with van der Waals surface area (Å²) < 4.78 is 0. The molecule has 9 atom stereocenters. The van der Waals surface area contributed by atoms with Gasteiger partial charge in [-0.25, -0.2) is 0 Å². The first-order valence-electron chi connectivity index (χ1n) is 14.1. The van der Waals surface area contributed by atoms with Crippen molar-refractivity contribution in [2.24, 2.45) is 45.8 Å². The minimum absolute atomic E-state index is 0.126. The lowest BCUT2D eigenvalue weighted by Crippen LogP contribution is -2.52. The van der Waals surface area contributed by atoms with E-state index in [0.29, 0.717) is 28.1 Å². The van der Waals surface area contributed by atoms with Gasteiger partial charge in [-0.1, -0.05) is 52.7 Å². The lowest BCUT2D eigenvalue weighted by Gasteiger charge is -2.59. The molecule has 2 nitrogen and oxygen atoms in total. The maximum atomic E-state index is 11.3. The first kappa shape index (κ1) is 23.4. The van der Waals surface area contributed by atoms with Crippen molar-refractivity contribution in [3.05, 3.63) is 11.6 Å². The molecule has 0 aromatic carbocycles. The molecule has 4 fully saturated rings. The maximum Gasteiger partial charge on any atom is 0.0682 e. The molecule has 5 aliphatic carbocycles. The highest BCUT2D eigenvalue weighted by atomic mass is 16.3. The van der Waals surface area contributed by atoms with E-state index in [1.54, 1.807) is 5.57 Å². The third-order valence-electron chi connectivity index (χ3n) is 12.5. The summed E-state index contributed by atoms with van der Waals surface area (Å²) in [5.41, 5.74) is 2.26. The van der Waals surface area contributed by atoms with Crippen molar-refractivity contribution in [2.75, 3.05) is 0 Å². The van der Waals surface area contributed by atoms with E-state index in [-0.39, 0.29) is 6.10 Å². The number of fused-ring (bicyclic) bond motifs is 5. The summed E-state index contributed by atoms with van der Waals surface area (Å²) in [5.74, 6) is 3.55. The van der Waals surface area contributed by atoms with Crippen LogP contribution < -0.4 is 0 Å². The monoisotopic (exact) mass is 442 g/mol. The van der Waals surface area contributed by atoms with E-state index >= 15 is 0 Å². The zero-order valence-corrected chi connectivity index (χ0v) is 21.6. The van der Waals surface area contributed by atoms with Crippen molar-refractivity contribution in [1.29, 1.82) is 0 Å². The predicted octanol–water partition coefficient (Wildman–Crippen LogP) is 7.28. The Kier molecular flexibility index (Phi) is 5.73. The predicted molar refractivity (Wildman–Crippen MR) is 132 cm³/mol. The van der Waals surface area contributed by atoms with Crippen LogP contribution in [0.4, 0.5) is 0 Å². The van der Waals surface area contributed by atoms with Crippen LogP contribution in [-0.4, -0.2) is 21.9 Å². The van der Waals surface area contributed by atoms with Gasteiger partial charge in [-0.2, -0.15) is 0 Å². The summed E-state index contributed by atoms with van der Waals surface area (Å²) in [6.45, 7) is 12.1. The van der Waals surface area contributed by atoms with Gasteiger partial charge < -0.3 is 10.2 Å². The molecule has 5 aliphatic rings. The summed E-state index contributed by atoms with van der Waals surface area (Å²) in [4.78, 5) is 0. The van der Waals surface area contributed by atoms with Crippen molar-refractivity contribution in [3.63, 3.8) is 0 Å². The van der Waals surface area contributed by atoms with E-state index in [9.17, 15) is 10.2 Å². The molecule has 182 valence electrons. The standard InChI is InChI=1S/C30H50O2/c1-6-30(32)17-16-28(4)21(18-30)8-9-22-24-11-10-23(29(24,5)15-12-25(22)28)20(2)26(31)19-27(3)13-7-14-27/h8,20,22-26,31-32H,6-7,9-19H2,1-5H3/t20-,22-,23+,24-,25-,26+,28-,29+,30-/m0/s1. The third kappa shape index (κ3) is 3.48. The molecule has 0 unspecified atom stereocenters. The second-order valence-corrected chi connectivity index (χ2v) is 14.0. The number of aliphatic hydroxyl groups excluding tert-OH is 1. The number of hydrogen-bond donors (Lipinski definition) is 2. The van der Waals surface area contributed by atoms with Gasteiger partial charge >= 0.3 is 0 Å². The molecule has 0 radical (unpaired) electrons. The lowest BCUT2D eigenvalue weighted by molar-refractivity contribution is -0.0850. The van der Waals surface area contributed by atoms with Crippen LogP contribution in [0.2, 0.25) is 0 Å². The van der Waals surface area contributed by atoms with Crippen LogP contribution in [0.1, 0.15) is 118 Å². The van der Waals surface area contributed by atoms with E-state index in [1.165, 1.54) is 57.8 Å². The maximum absolute atomic E-state index is 11.3. The van der Waals surface area contributed by atoms with Crippen molar-refractivity contribution >= 4 is 0 Å². The summed E-state index contributed by atoms with van der Waals surface area (Å²) in [6, 6.07) is 0. The quantitative estimate of drug-likeness (QED) is 0.439. The fraction of sp³-hybridized carbons (Fsp3) is 0.933. The first-order valence-corrected chi connectivity index (χ1v) is 14.1. The fourth-order valence-corrected chi connectivity index (χ4v) is 9.86. The molecule has 2 heteroatoms. The lowest BCUT2D eigenvalue weighted by atomic mass is 9.46. The van der Waals surface area contributed by atoms with Crippen LogP contribution in [-0.2, 0) is 0 Å². The van der Waals surface area contributed by atoms with Crippen LogP contribution >= 0.6 is 0 Å². The van der Waals surface area contributed by atoms with Gasteiger partial charge in [-0.15, -0.1) is 0 Å². The molecule has 2 N–H and O–H groups in total. The smallest absolute Gasteiger partial charge is 0.0682 e. The van der Waals surface area contributed by atoms with E-state index in [4.69, 9.17) is 0 Å². The summed E-state index contributed by atoms with van der Waals surface area (Å²) in [6.07, 6.45) is 18.0. The molecule has 0 saturated heterocycles. The van der Waals surface area contributed by atoms with E-state index in [0.717, 1.165) is 43.4 Å². The molecule has 0 aromatic rings. The summed E-state index contributed by atoms with van der Waals surface area (Å²) >= 11 is 0. The van der Waals surface area contributed by atoms with Gasteiger partial charge in [0.15, 0.2) is 0 Å². The second-order valence-electron chi connectivity index (χ2n) is 14.0. The molecule has 5 rings (SSSR count). The Balaban J connectivity index is 1.34. The van der Waals surface area contributed by atoms with Gasteiger partial charge in [0.1, 0.15) is 0 Å². The summed E-state index contributed by atoms with van der Waals surface area (Å²) in [7, 11) is 0. The Morgan fingerprint density at radius 3 is 2.41 bits per heavy atom. The Hall–Kier alpha value is -0.340. The fourth-order valence-electron chi connectivity index (χ4n) is 9.86. The van der Waals surface area contributed by atoms with Gasteiger partial charge in [0.25, 0.3) is 0 Å². The van der Waals surface area contributed by atoms with Gasteiger partial charge in [0, 0.05) is 0 Å². The average Bonchev–Trinajstić information content (AvgIpc) is 3.09. The highest BCUT2D eigenvalue weighted by Crippen LogP contribution is 2.68. The van der Waals surface area contributed by atoms with Crippen LogP contribution in [0, 0.1) is 45.8 Å². The molecule has 4 saturated carbocycles. The minimum Gasteiger partial charge on any atom is -0.393 e. The van der Waals surface area contributed by atoms with E-state index < -0.39 is 5.60 Å². The zero-order chi connectivity index (χ0) is 22.9. The van der Waals surface area contributed by atoms with Crippen LogP contribution in [0.3, 0.4) is 0 Å². The van der Waals surface area contributed by atoms with Crippen LogP contribution in [0.15, 0.2) is 11.6 Å². The molecule has 0 aromatic heterocycles. The number of rotatable bonds is 5. The first-order chi connectivity index (χ1) is 15.0. The third-order valence-corrected chi connectivity index (χ3v) is 12.5. The highest BCUT2D eigenvalue weighted by Gasteiger charge is 2.60. The molecule has 0 aliphatic heterocycles.